The van der Waals surface area contributed by atoms with Crippen LogP contribution < -0.4 is 15.4 Å². The lowest BCUT2D eigenvalue weighted by molar-refractivity contribution is -0.122. The zero-order valence-corrected chi connectivity index (χ0v) is 17.2. The summed E-state index contributed by atoms with van der Waals surface area (Å²) in [6.07, 6.45) is 0. The minimum atomic E-state index is -0.248. The van der Waals surface area contributed by atoms with Crippen molar-refractivity contribution in [2.75, 3.05) is 26.7 Å². The molecule has 2 N–H and O–H groups in total. The van der Waals surface area contributed by atoms with Crippen molar-refractivity contribution in [1.82, 2.24) is 15.5 Å². The van der Waals surface area contributed by atoms with E-state index in [0.717, 1.165) is 23.6 Å². The Hall–Kier alpha value is -3.09. The fourth-order valence-corrected chi connectivity index (χ4v) is 2.75. The van der Waals surface area contributed by atoms with Gasteiger partial charge in [-0.2, -0.15) is 0 Å². The molecule has 1 amide bonds. The van der Waals surface area contributed by atoms with Gasteiger partial charge in [-0.3, -0.25) is 4.79 Å². The summed E-state index contributed by atoms with van der Waals surface area (Å²) >= 11 is 0. The lowest BCUT2D eigenvalue weighted by atomic mass is 10.2. The van der Waals surface area contributed by atoms with Gasteiger partial charge in [0.1, 0.15) is 11.6 Å². The summed E-state index contributed by atoms with van der Waals surface area (Å²) in [6, 6.07) is 14.1. The van der Waals surface area contributed by atoms with Gasteiger partial charge in [-0.15, -0.1) is 0 Å². The molecule has 0 saturated carbocycles. The number of nitrogens with one attached hydrogen (secondary N) is 2. The van der Waals surface area contributed by atoms with Gasteiger partial charge in [0.2, 0.25) is 0 Å². The molecule has 0 bridgehead atoms. The number of hydrogen-bond donors (Lipinski definition) is 2. The molecule has 0 aliphatic carbocycles. The highest BCUT2D eigenvalue weighted by Crippen LogP contribution is 2.14. The Labute approximate surface area is 171 Å². The molecule has 29 heavy (non-hydrogen) atoms. The molecule has 2 aromatic carbocycles. The number of likely N-dealkylation sites (N-methyl/N-ethyl adjacent to an activating group) is 1. The number of ether oxygens (including phenoxy) is 1. The first kappa shape index (κ1) is 22.2. The standard InChI is InChI=1S/C22H29FN4O2/c1-4-24-21(28)16-29-20-11-7-8-17(13-20)14-26-22(25-5-2)27(3)15-18-9-6-10-19(23)12-18/h6-13H,4-5,14-16H2,1-3H3,(H,24,28)(H,25,26). The summed E-state index contributed by atoms with van der Waals surface area (Å²) in [7, 11) is 1.91. The van der Waals surface area contributed by atoms with Crippen LogP contribution in [0.3, 0.4) is 0 Å². The van der Waals surface area contributed by atoms with Crippen molar-refractivity contribution in [3.05, 3.63) is 65.5 Å². The number of carbonyl (C=O) groups excluding carboxylic acids is 1. The van der Waals surface area contributed by atoms with E-state index in [-0.39, 0.29) is 18.3 Å². The molecule has 0 atom stereocenters. The van der Waals surface area contributed by atoms with Crippen molar-refractivity contribution >= 4 is 11.9 Å². The van der Waals surface area contributed by atoms with Crippen molar-refractivity contribution in [3.63, 3.8) is 0 Å². The molecule has 0 aliphatic heterocycles. The van der Waals surface area contributed by atoms with Crippen LogP contribution in [0.2, 0.25) is 0 Å². The molecule has 0 heterocycles. The van der Waals surface area contributed by atoms with Crippen LogP contribution in [0, 0.1) is 5.82 Å². The van der Waals surface area contributed by atoms with Crippen LogP contribution in [-0.2, 0) is 17.9 Å². The second-order valence-corrected chi connectivity index (χ2v) is 6.55. The van der Waals surface area contributed by atoms with Crippen LogP contribution in [0.5, 0.6) is 5.75 Å². The number of hydrogen-bond acceptors (Lipinski definition) is 3. The van der Waals surface area contributed by atoms with E-state index < -0.39 is 0 Å². The van der Waals surface area contributed by atoms with E-state index in [4.69, 9.17) is 4.74 Å². The molecular formula is C22H29FN4O2. The van der Waals surface area contributed by atoms with Crippen LogP contribution >= 0.6 is 0 Å². The third-order valence-corrected chi connectivity index (χ3v) is 4.06. The van der Waals surface area contributed by atoms with Crippen molar-refractivity contribution < 1.29 is 13.9 Å². The fraction of sp³-hybridized carbons (Fsp3) is 0.364. The third kappa shape index (κ3) is 7.81. The molecule has 0 fully saturated rings. The highest BCUT2D eigenvalue weighted by atomic mass is 19.1. The summed E-state index contributed by atoms with van der Waals surface area (Å²) in [4.78, 5) is 18.2. The Morgan fingerprint density at radius 3 is 2.52 bits per heavy atom. The van der Waals surface area contributed by atoms with Gasteiger partial charge in [-0.1, -0.05) is 24.3 Å². The number of amides is 1. The molecule has 2 rings (SSSR count). The summed E-state index contributed by atoms with van der Waals surface area (Å²) in [5.41, 5.74) is 1.84. The van der Waals surface area contributed by atoms with E-state index in [9.17, 15) is 9.18 Å². The predicted molar refractivity (Wildman–Crippen MR) is 113 cm³/mol. The molecule has 7 heteroatoms. The molecule has 156 valence electrons. The lowest BCUT2D eigenvalue weighted by Crippen LogP contribution is -2.38. The Bertz CT molecular complexity index is 826. The second kappa shape index (κ2) is 11.7. The fourth-order valence-electron chi connectivity index (χ4n) is 2.75. The van der Waals surface area contributed by atoms with Crippen molar-refractivity contribution in [3.8, 4) is 5.75 Å². The molecule has 2 aromatic rings. The summed E-state index contributed by atoms with van der Waals surface area (Å²) in [6.45, 7) is 6.15. The van der Waals surface area contributed by atoms with Crippen LogP contribution in [0.4, 0.5) is 4.39 Å². The molecule has 0 unspecified atom stereocenters. The monoisotopic (exact) mass is 400 g/mol. The Morgan fingerprint density at radius 1 is 1.07 bits per heavy atom. The van der Waals surface area contributed by atoms with E-state index in [1.807, 2.05) is 56.1 Å². The predicted octanol–water partition coefficient (Wildman–Crippen LogP) is 2.94. The molecule has 0 aromatic heterocycles. The quantitative estimate of drug-likeness (QED) is 0.502. The normalized spacial score (nSPS) is 11.1. The van der Waals surface area contributed by atoms with E-state index in [1.165, 1.54) is 12.1 Å². The summed E-state index contributed by atoms with van der Waals surface area (Å²) in [5.74, 6) is 0.957. The van der Waals surface area contributed by atoms with Gasteiger partial charge >= 0.3 is 0 Å². The summed E-state index contributed by atoms with van der Waals surface area (Å²) in [5, 5.41) is 5.95. The molecule has 6 nitrogen and oxygen atoms in total. The number of aliphatic imine (C=N–C) groups is 1. The number of rotatable bonds is 9. The molecule has 0 aliphatic rings. The van der Waals surface area contributed by atoms with Crippen LogP contribution in [-0.4, -0.2) is 43.5 Å². The minimum absolute atomic E-state index is 0.0143. The van der Waals surface area contributed by atoms with Crippen molar-refractivity contribution in [1.29, 1.82) is 0 Å². The minimum Gasteiger partial charge on any atom is -0.484 e. The Morgan fingerprint density at radius 2 is 1.79 bits per heavy atom. The highest BCUT2D eigenvalue weighted by Gasteiger charge is 2.08. The molecular weight excluding hydrogens is 371 g/mol. The Kier molecular flexibility index (Phi) is 8.95. The van der Waals surface area contributed by atoms with E-state index >= 15 is 0 Å². The first-order valence-corrected chi connectivity index (χ1v) is 9.74. The summed E-state index contributed by atoms with van der Waals surface area (Å²) < 4.78 is 19.0. The molecule has 0 radical (unpaired) electrons. The van der Waals surface area contributed by atoms with Gasteiger partial charge in [-0.25, -0.2) is 9.38 Å². The SMILES string of the molecule is CCNC(=O)COc1cccc(CN=C(NCC)N(C)Cc2cccc(F)c2)c1. The smallest absolute Gasteiger partial charge is 0.257 e. The van der Waals surface area contributed by atoms with Gasteiger partial charge in [-0.05, 0) is 49.2 Å². The van der Waals surface area contributed by atoms with Crippen LogP contribution in [0.25, 0.3) is 0 Å². The van der Waals surface area contributed by atoms with Gasteiger partial charge in [0.05, 0.1) is 6.54 Å². The number of benzene rings is 2. The number of guanidine groups is 1. The average molecular weight is 400 g/mol. The third-order valence-electron chi connectivity index (χ3n) is 4.06. The first-order valence-electron chi connectivity index (χ1n) is 9.74. The lowest BCUT2D eigenvalue weighted by Gasteiger charge is -2.22. The maximum absolute atomic E-state index is 13.4. The van der Waals surface area contributed by atoms with E-state index in [1.54, 1.807) is 6.07 Å². The van der Waals surface area contributed by atoms with Gasteiger partial charge in [0.15, 0.2) is 12.6 Å². The van der Waals surface area contributed by atoms with Crippen LogP contribution in [0.1, 0.15) is 25.0 Å². The second-order valence-electron chi connectivity index (χ2n) is 6.55. The van der Waals surface area contributed by atoms with E-state index in [2.05, 4.69) is 15.6 Å². The topological polar surface area (TPSA) is 66.0 Å². The molecule has 0 spiro atoms. The largest absolute Gasteiger partial charge is 0.484 e. The highest BCUT2D eigenvalue weighted by molar-refractivity contribution is 5.79. The van der Waals surface area contributed by atoms with Gasteiger partial charge < -0.3 is 20.3 Å². The average Bonchev–Trinajstić information content (AvgIpc) is 2.70. The van der Waals surface area contributed by atoms with Crippen molar-refractivity contribution in [2.24, 2.45) is 4.99 Å². The number of carbonyl (C=O) groups is 1. The maximum Gasteiger partial charge on any atom is 0.257 e. The van der Waals surface area contributed by atoms with Crippen LogP contribution in [0.15, 0.2) is 53.5 Å². The van der Waals surface area contributed by atoms with Gasteiger partial charge in [0, 0.05) is 26.7 Å². The van der Waals surface area contributed by atoms with E-state index in [0.29, 0.717) is 25.4 Å². The number of halogens is 1. The first-order chi connectivity index (χ1) is 14.0. The van der Waals surface area contributed by atoms with Gasteiger partial charge in [0.25, 0.3) is 5.91 Å². The zero-order chi connectivity index (χ0) is 21.1. The Balaban J connectivity index is 2.01. The maximum atomic E-state index is 13.4. The molecule has 0 saturated heterocycles. The zero-order valence-electron chi connectivity index (χ0n) is 17.2. The van der Waals surface area contributed by atoms with Crippen molar-refractivity contribution in [2.45, 2.75) is 26.9 Å². The number of nitrogens with zero attached hydrogens (tertiary/aromatic N) is 2.